The standard InChI is InChI=1S/C17H24N6/c1-3-7-15(8-4-1)23-16(19-20-21-23)13-22-12-11-18-14-17(22)9-5-2-6-10-17/h1,3-4,7-8,18H,2,5-6,9-14H2. The second kappa shape index (κ2) is 6.37. The smallest absolute Gasteiger partial charge is 0.170 e. The lowest BCUT2D eigenvalue weighted by atomic mass is 9.79. The molecule has 1 aromatic heterocycles. The number of nitrogens with zero attached hydrogens (tertiary/aromatic N) is 5. The molecule has 2 aromatic rings. The molecule has 2 heterocycles. The molecule has 6 heteroatoms. The number of nitrogens with one attached hydrogen (secondary N) is 1. The van der Waals surface area contributed by atoms with Gasteiger partial charge in [0.2, 0.25) is 0 Å². The zero-order valence-corrected chi connectivity index (χ0v) is 13.5. The molecular formula is C17H24N6. The quantitative estimate of drug-likeness (QED) is 0.936. The van der Waals surface area contributed by atoms with E-state index in [0.717, 1.165) is 37.7 Å². The van der Waals surface area contributed by atoms with Crippen molar-refractivity contribution >= 4 is 0 Å². The van der Waals surface area contributed by atoms with E-state index in [2.05, 4.69) is 25.7 Å². The maximum Gasteiger partial charge on any atom is 0.170 e. The maximum absolute atomic E-state index is 4.30. The summed E-state index contributed by atoms with van der Waals surface area (Å²) < 4.78 is 1.87. The zero-order valence-electron chi connectivity index (χ0n) is 13.5. The van der Waals surface area contributed by atoms with Crippen molar-refractivity contribution in [3.8, 4) is 5.69 Å². The van der Waals surface area contributed by atoms with Crippen LogP contribution in [0.1, 0.15) is 37.9 Å². The monoisotopic (exact) mass is 312 g/mol. The Hall–Kier alpha value is -1.79. The molecule has 1 saturated heterocycles. The summed E-state index contributed by atoms with van der Waals surface area (Å²) in [5.41, 5.74) is 1.32. The van der Waals surface area contributed by atoms with Gasteiger partial charge in [0.1, 0.15) is 0 Å². The van der Waals surface area contributed by atoms with Gasteiger partial charge in [0.25, 0.3) is 0 Å². The van der Waals surface area contributed by atoms with Crippen molar-refractivity contribution in [3.05, 3.63) is 36.2 Å². The highest BCUT2D eigenvalue weighted by Gasteiger charge is 2.40. The Labute approximate surface area is 136 Å². The molecule has 0 unspecified atom stereocenters. The van der Waals surface area contributed by atoms with Crippen molar-refractivity contribution in [2.45, 2.75) is 44.2 Å². The summed E-state index contributed by atoms with van der Waals surface area (Å²) in [5, 5.41) is 16.0. The van der Waals surface area contributed by atoms with E-state index in [9.17, 15) is 0 Å². The average Bonchev–Trinajstić information content (AvgIpc) is 3.07. The molecule has 1 N–H and O–H groups in total. The van der Waals surface area contributed by atoms with E-state index in [1.807, 2.05) is 35.0 Å². The number of hydrogen-bond acceptors (Lipinski definition) is 5. The molecule has 0 atom stereocenters. The molecule has 1 aromatic carbocycles. The van der Waals surface area contributed by atoms with Gasteiger partial charge in [-0.1, -0.05) is 37.5 Å². The molecule has 2 fully saturated rings. The Balaban J connectivity index is 1.59. The Bertz CT molecular complexity index is 623. The molecule has 0 bridgehead atoms. The van der Waals surface area contributed by atoms with Crippen LogP contribution in [0.4, 0.5) is 0 Å². The number of aromatic nitrogens is 4. The van der Waals surface area contributed by atoms with Crippen molar-refractivity contribution in [3.63, 3.8) is 0 Å². The van der Waals surface area contributed by atoms with Crippen LogP contribution in [-0.2, 0) is 6.54 Å². The second-order valence-electron chi connectivity index (χ2n) is 6.73. The maximum atomic E-state index is 4.30. The van der Waals surface area contributed by atoms with Gasteiger partial charge in [0.05, 0.1) is 12.2 Å². The van der Waals surface area contributed by atoms with E-state index in [-0.39, 0.29) is 0 Å². The molecule has 4 rings (SSSR count). The fraction of sp³-hybridized carbons (Fsp3) is 0.588. The Morgan fingerprint density at radius 3 is 2.74 bits per heavy atom. The van der Waals surface area contributed by atoms with E-state index in [0.29, 0.717) is 5.54 Å². The molecule has 1 aliphatic carbocycles. The third kappa shape index (κ3) is 2.88. The highest BCUT2D eigenvalue weighted by Crippen LogP contribution is 2.35. The molecule has 1 spiro atoms. The predicted octanol–water partition coefficient (Wildman–Crippen LogP) is 1.77. The van der Waals surface area contributed by atoms with Gasteiger partial charge in [-0.05, 0) is 35.4 Å². The van der Waals surface area contributed by atoms with Crippen LogP contribution in [0, 0.1) is 0 Å². The largest absolute Gasteiger partial charge is 0.314 e. The highest BCUT2D eigenvalue weighted by atomic mass is 15.5. The molecule has 2 aliphatic rings. The molecule has 0 radical (unpaired) electrons. The topological polar surface area (TPSA) is 58.9 Å². The SMILES string of the molecule is c1ccc(-n2nnnc2CN2CCNCC23CCCCC3)cc1. The second-order valence-corrected chi connectivity index (χ2v) is 6.73. The minimum Gasteiger partial charge on any atom is -0.314 e. The van der Waals surface area contributed by atoms with Crippen molar-refractivity contribution < 1.29 is 0 Å². The Kier molecular flexibility index (Phi) is 4.10. The molecule has 1 aliphatic heterocycles. The summed E-state index contributed by atoms with van der Waals surface area (Å²) in [7, 11) is 0. The third-order valence-corrected chi connectivity index (χ3v) is 5.33. The Morgan fingerprint density at radius 1 is 1.09 bits per heavy atom. The van der Waals surface area contributed by atoms with Crippen molar-refractivity contribution in [2.24, 2.45) is 0 Å². The van der Waals surface area contributed by atoms with Gasteiger partial charge in [-0.3, -0.25) is 4.90 Å². The number of para-hydroxylation sites is 1. The van der Waals surface area contributed by atoms with Gasteiger partial charge in [0.15, 0.2) is 5.82 Å². The van der Waals surface area contributed by atoms with Crippen LogP contribution in [0.2, 0.25) is 0 Å². The number of piperazine rings is 1. The highest BCUT2D eigenvalue weighted by molar-refractivity contribution is 5.30. The molecule has 6 nitrogen and oxygen atoms in total. The number of rotatable bonds is 3. The first-order valence-corrected chi connectivity index (χ1v) is 8.66. The summed E-state index contributed by atoms with van der Waals surface area (Å²) >= 11 is 0. The van der Waals surface area contributed by atoms with Gasteiger partial charge in [-0.25, -0.2) is 0 Å². The molecule has 1 saturated carbocycles. The van der Waals surface area contributed by atoms with Crippen LogP contribution >= 0.6 is 0 Å². The Morgan fingerprint density at radius 2 is 1.91 bits per heavy atom. The van der Waals surface area contributed by atoms with Crippen LogP contribution in [0.25, 0.3) is 5.69 Å². The summed E-state index contributed by atoms with van der Waals surface area (Å²) in [5.74, 6) is 0.933. The van der Waals surface area contributed by atoms with Crippen LogP contribution in [0.5, 0.6) is 0 Å². The number of hydrogen-bond donors (Lipinski definition) is 1. The summed E-state index contributed by atoms with van der Waals surface area (Å²) in [6.07, 6.45) is 6.61. The van der Waals surface area contributed by atoms with Crippen molar-refractivity contribution in [1.82, 2.24) is 30.4 Å². The van der Waals surface area contributed by atoms with E-state index in [1.165, 1.54) is 32.1 Å². The molecule has 0 amide bonds. The first-order valence-electron chi connectivity index (χ1n) is 8.66. The first-order chi connectivity index (χ1) is 11.4. The number of benzene rings is 1. The van der Waals surface area contributed by atoms with Gasteiger partial charge >= 0.3 is 0 Å². The molecular weight excluding hydrogens is 288 g/mol. The zero-order chi connectivity index (χ0) is 15.5. The van der Waals surface area contributed by atoms with Crippen LogP contribution in [0.3, 0.4) is 0 Å². The first kappa shape index (κ1) is 14.8. The molecule has 122 valence electrons. The minimum atomic E-state index is 0.296. The number of tetrazole rings is 1. The third-order valence-electron chi connectivity index (χ3n) is 5.33. The van der Waals surface area contributed by atoms with E-state index < -0.39 is 0 Å². The van der Waals surface area contributed by atoms with Crippen LogP contribution < -0.4 is 5.32 Å². The average molecular weight is 312 g/mol. The van der Waals surface area contributed by atoms with Crippen LogP contribution in [-0.4, -0.2) is 50.3 Å². The summed E-state index contributed by atoms with van der Waals surface area (Å²) in [6.45, 7) is 4.04. The molecule has 23 heavy (non-hydrogen) atoms. The van der Waals surface area contributed by atoms with Gasteiger partial charge in [-0.2, -0.15) is 4.68 Å². The predicted molar refractivity (Wildman–Crippen MR) is 88.2 cm³/mol. The lowest BCUT2D eigenvalue weighted by Gasteiger charge is -2.49. The van der Waals surface area contributed by atoms with Gasteiger partial charge in [-0.15, -0.1) is 5.10 Å². The van der Waals surface area contributed by atoms with Gasteiger partial charge in [0, 0.05) is 25.2 Å². The minimum absolute atomic E-state index is 0.296. The lowest BCUT2D eigenvalue weighted by Crippen LogP contribution is -2.61. The van der Waals surface area contributed by atoms with E-state index in [4.69, 9.17) is 0 Å². The lowest BCUT2D eigenvalue weighted by molar-refractivity contribution is 0.0184. The fourth-order valence-corrected chi connectivity index (χ4v) is 4.08. The normalized spacial score (nSPS) is 21.6. The fourth-order valence-electron chi connectivity index (χ4n) is 4.08. The summed E-state index contributed by atoms with van der Waals surface area (Å²) in [6, 6.07) is 10.2. The van der Waals surface area contributed by atoms with Crippen LogP contribution in [0.15, 0.2) is 30.3 Å². The van der Waals surface area contributed by atoms with Crippen molar-refractivity contribution in [1.29, 1.82) is 0 Å². The van der Waals surface area contributed by atoms with Gasteiger partial charge < -0.3 is 5.32 Å². The van der Waals surface area contributed by atoms with E-state index in [1.54, 1.807) is 0 Å². The van der Waals surface area contributed by atoms with Crippen molar-refractivity contribution in [2.75, 3.05) is 19.6 Å². The summed E-state index contributed by atoms with van der Waals surface area (Å²) in [4.78, 5) is 2.62. The van der Waals surface area contributed by atoms with E-state index >= 15 is 0 Å².